The van der Waals surface area contributed by atoms with E-state index >= 15 is 0 Å². The molecule has 6 nitrogen and oxygen atoms in total. The number of guanidine groups is 1. The van der Waals surface area contributed by atoms with Crippen LogP contribution in [0.1, 0.15) is 18.9 Å². The number of ether oxygens (including phenoxy) is 2. The van der Waals surface area contributed by atoms with E-state index in [2.05, 4.69) is 34.8 Å². The Morgan fingerprint density at radius 2 is 2.04 bits per heavy atom. The standard InChI is InChI=1S/C19H28N4O2/c1-4-20-19(22-14-16-9-11-23(2)15-16)21-10-6-12-25-18-8-5-7-17(13-18)24-3/h5,7-9,11,13,15H,4,6,10,12,14H2,1-3H3,(H2,20,21,22). The fourth-order valence-corrected chi connectivity index (χ4v) is 2.33. The van der Waals surface area contributed by atoms with Crippen LogP contribution in [0.2, 0.25) is 0 Å². The number of aryl methyl sites for hydroxylation is 1. The van der Waals surface area contributed by atoms with Gasteiger partial charge in [0, 0.05) is 38.6 Å². The van der Waals surface area contributed by atoms with E-state index in [4.69, 9.17) is 9.47 Å². The monoisotopic (exact) mass is 344 g/mol. The SMILES string of the molecule is CCNC(=NCc1ccn(C)c1)NCCCOc1cccc(OC)c1. The van der Waals surface area contributed by atoms with Crippen LogP contribution >= 0.6 is 0 Å². The van der Waals surface area contributed by atoms with Crippen molar-refractivity contribution in [2.24, 2.45) is 12.0 Å². The molecule has 2 rings (SSSR count). The van der Waals surface area contributed by atoms with Crippen molar-refractivity contribution in [3.63, 3.8) is 0 Å². The van der Waals surface area contributed by atoms with Crippen LogP contribution in [-0.4, -0.2) is 37.3 Å². The lowest BCUT2D eigenvalue weighted by Gasteiger charge is -2.12. The zero-order valence-electron chi connectivity index (χ0n) is 15.3. The van der Waals surface area contributed by atoms with Gasteiger partial charge in [0.2, 0.25) is 0 Å². The molecule has 0 saturated carbocycles. The molecule has 0 unspecified atom stereocenters. The minimum Gasteiger partial charge on any atom is -0.497 e. The van der Waals surface area contributed by atoms with Gasteiger partial charge >= 0.3 is 0 Å². The number of hydrogen-bond donors (Lipinski definition) is 2. The van der Waals surface area contributed by atoms with Crippen LogP contribution in [0.5, 0.6) is 11.5 Å². The molecule has 0 saturated heterocycles. The van der Waals surface area contributed by atoms with Crippen molar-refractivity contribution in [1.29, 1.82) is 0 Å². The van der Waals surface area contributed by atoms with Gasteiger partial charge in [-0.15, -0.1) is 0 Å². The summed E-state index contributed by atoms with van der Waals surface area (Å²) in [6.45, 7) is 4.99. The second kappa shape index (κ2) is 10.3. The highest BCUT2D eigenvalue weighted by molar-refractivity contribution is 5.79. The highest BCUT2D eigenvalue weighted by atomic mass is 16.5. The number of nitrogens with zero attached hydrogens (tertiary/aromatic N) is 2. The predicted molar refractivity (Wildman–Crippen MR) is 101 cm³/mol. The third-order valence-corrected chi connectivity index (χ3v) is 3.58. The first-order chi connectivity index (χ1) is 12.2. The van der Waals surface area contributed by atoms with Crippen LogP contribution in [0.4, 0.5) is 0 Å². The van der Waals surface area contributed by atoms with Gasteiger partial charge in [-0.05, 0) is 37.1 Å². The summed E-state index contributed by atoms with van der Waals surface area (Å²) in [5, 5.41) is 6.59. The van der Waals surface area contributed by atoms with Crippen molar-refractivity contribution >= 4 is 5.96 Å². The molecule has 25 heavy (non-hydrogen) atoms. The van der Waals surface area contributed by atoms with Crippen molar-refractivity contribution in [2.45, 2.75) is 19.9 Å². The Bertz CT molecular complexity index is 667. The molecule has 6 heteroatoms. The molecular weight excluding hydrogens is 316 g/mol. The molecule has 0 radical (unpaired) electrons. The van der Waals surface area contributed by atoms with Gasteiger partial charge in [-0.1, -0.05) is 6.07 Å². The zero-order valence-corrected chi connectivity index (χ0v) is 15.3. The van der Waals surface area contributed by atoms with Crippen molar-refractivity contribution in [2.75, 3.05) is 26.8 Å². The molecule has 0 amide bonds. The van der Waals surface area contributed by atoms with Crippen molar-refractivity contribution in [3.05, 3.63) is 48.3 Å². The van der Waals surface area contributed by atoms with Gasteiger partial charge in [0.15, 0.2) is 5.96 Å². The van der Waals surface area contributed by atoms with E-state index < -0.39 is 0 Å². The summed E-state index contributed by atoms with van der Waals surface area (Å²) in [5.41, 5.74) is 1.20. The summed E-state index contributed by atoms with van der Waals surface area (Å²) < 4.78 is 13.0. The van der Waals surface area contributed by atoms with E-state index in [9.17, 15) is 0 Å². The molecule has 136 valence electrons. The molecule has 0 spiro atoms. The molecule has 0 aliphatic rings. The third-order valence-electron chi connectivity index (χ3n) is 3.58. The van der Waals surface area contributed by atoms with Crippen molar-refractivity contribution < 1.29 is 9.47 Å². The van der Waals surface area contributed by atoms with Crippen LogP contribution in [0, 0.1) is 0 Å². The van der Waals surface area contributed by atoms with Gasteiger partial charge in [0.05, 0.1) is 20.3 Å². The number of aliphatic imine (C=N–C) groups is 1. The molecule has 0 aliphatic carbocycles. The van der Waals surface area contributed by atoms with Gasteiger partial charge in [0.1, 0.15) is 11.5 Å². The number of rotatable bonds is 9. The van der Waals surface area contributed by atoms with Crippen molar-refractivity contribution in [1.82, 2.24) is 15.2 Å². The van der Waals surface area contributed by atoms with Gasteiger partial charge in [-0.25, -0.2) is 4.99 Å². The second-order valence-corrected chi connectivity index (χ2v) is 5.69. The quantitative estimate of drug-likeness (QED) is 0.417. The number of methoxy groups -OCH3 is 1. The lowest BCUT2D eigenvalue weighted by atomic mass is 10.3. The molecule has 2 N–H and O–H groups in total. The molecule has 1 heterocycles. The van der Waals surface area contributed by atoms with Crippen LogP contribution in [0.15, 0.2) is 47.7 Å². The topological polar surface area (TPSA) is 59.8 Å². The summed E-state index contributed by atoms with van der Waals surface area (Å²) in [5.74, 6) is 2.45. The lowest BCUT2D eigenvalue weighted by Crippen LogP contribution is -2.38. The first-order valence-corrected chi connectivity index (χ1v) is 8.61. The van der Waals surface area contributed by atoms with Crippen LogP contribution in [0.3, 0.4) is 0 Å². The van der Waals surface area contributed by atoms with E-state index in [1.165, 1.54) is 5.56 Å². The van der Waals surface area contributed by atoms with E-state index in [0.29, 0.717) is 13.2 Å². The minimum absolute atomic E-state index is 0.637. The Labute approximate surface area is 149 Å². The maximum atomic E-state index is 5.74. The molecule has 0 atom stereocenters. The highest BCUT2D eigenvalue weighted by Gasteiger charge is 2.00. The van der Waals surface area contributed by atoms with Crippen LogP contribution in [0.25, 0.3) is 0 Å². The highest BCUT2D eigenvalue weighted by Crippen LogP contribution is 2.18. The second-order valence-electron chi connectivity index (χ2n) is 5.69. The van der Waals surface area contributed by atoms with Crippen molar-refractivity contribution in [3.8, 4) is 11.5 Å². The first-order valence-electron chi connectivity index (χ1n) is 8.61. The van der Waals surface area contributed by atoms with Crippen LogP contribution in [-0.2, 0) is 13.6 Å². The first kappa shape index (κ1) is 18.7. The molecule has 0 fully saturated rings. The average molecular weight is 344 g/mol. The Morgan fingerprint density at radius 3 is 2.76 bits per heavy atom. The number of benzene rings is 1. The molecule has 2 aromatic rings. The maximum absolute atomic E-state index is 5.74. The van der Waals surface area contributed by atoms with Gasteiger partial charge in [-0.3, -0.25) is 0 Å². The summed E-state index contributed by atoms with van der Waals surface area (Å²) in [6.07, 6.45) is 4.99. The van der Waals surface area contributed by atoms with E-state index in [-0.39, 0.29) is 0 Å². The van der Waals surface area contributed by atoms with E-state index in [1.54, 1.807) is 7.11 Å². The number of hydrogen-bond acceptors (Lipinski definition) is 3. The van der Waals surface area contributed by atoms with Crippen LogP contribution < -0.4 is 20.1 Å². The van der Waals surface area contributed by atoms with Gasteiger partial charge < -0.3 is 24.7 Å². The van der Waals surface area contributed by atoms with Gasteiger partial charge in [0.25, 0.3) is 0 Å². The van der Waals surface area contributed by atoms with Gasteiger partial charge in [-0.2, -0.15) is 0 Å². The molecule has 1 aromatic carbocycles. The summed E-state index contributed by atoms with van der Waals surface area (Å²) in [7, 11) is 3.67. The predicted octanol–water partition coefficient (Wildman–Crippen LogP) is 2.56. The molecular formula is C19H28N4O2. The van der Waals surface area contributed by atoms with E-state index in [1.807, 2.05) is 42.1 Å². The smallest absolute Gasteiger partial charge is 0.191 e. The van der Waals surface area contributed by atoms with E-state index in [0.717, 1.165) is 37.0 Å². The minimum atomic E-state index is 0.637. The Morgan fingerprint density at radius 1 is 1.20 bits per heavy atom. The fourth-order valence-electron chi connectivity index (χ4n) is 2.33. The lowest BCUT2D eigenvalue weighted by molar-refractivity contribution is 0.308. The Balaban J connectivity index is 1.71. The summed E-state index contributed by atoms with van der Waals surface area (Å²) in [4.78, 5) is 4.60. The normalized spacial score (nSPS) is 11.2. The zero-order chi connectivity index (χ0) is 17.9. The molecule has 0 bridgehead atoms. The Kier molecular flexibility index (Phi) is 7.69. The largest absolute Gasteiger partial charge is 0.497 e. The maximum Gasteiger partial charge on any atom is 0.191 e. The Hall–Kier alpha value is -2.63. The third kappa shape index (κ3) is 6.79. The summed E-state index contributed by atoms with van der Waals surface area (Å²) in [6, 6.07) is 9.72. The number of aromatic nitrogens is 1. The average Bonchev–Trinajstić information content (AvgIpc) is 3.04. The molecule has 0 aliphatic heterocycles. The number of nitrogens with one attached hydrogen (secondary N) is 2. The fraction of sp³-hybridized carbons (Fsp3) is 0.421. The molecule has 1 aromatic heterocycles. The summed E-state index contributed by atoms with van der Waals surface area (Å²) >= 11 is 0.